The maximum absolute atomic E-state index is 6.13. The summed E-state index contributed by atoms with van der Waals surface area (Å²) in [6, 6.07) is 5.93. The Morgan fingerprint density at radius 3 is 2.88 bits per heavy atom. The molecule has 0 amide bonds. The van der Waals surface area contributed by atoms with Gasteiger partial charge in [-0.3, -0.25) is 0 Å². The minimum absolute atomic E-state index is 0.00833. The van der Waals surface area contributed by atoms with Crippen LogP contribution < -0.4 is 5.32 Å². The average Bonchev–Trinajstić information content (AvgIpc) is 2.32. The Hall–Kier alpha value is -0.280. The van der Waals surface area contributed by atoms with E-state index in [1.54, 1.807) is 6.07 Å². The Balaban J connectivity index is 2.10. The third-order valence-electron chi connectivity index (χ3n) is 2.89. The summed E-state index contributed by atoms with van der Waals surface area (Å²) in [6.07, 6.45) is 1.09. The average molecular weight is 260 g/mol. The van der Waals surface area contributed by atoms with Crippen LogP contribution in [0.25, 0.3) is 0 Å². The van der Waals surface area contributed by atoms with Crippen LogP contribution in [0.15, 0.2) is 18.2 Å². The summed E-state index contributed by atoms with van der Waals surface area (Å²) in [4.78, 5) is 0. The van der Waals surface area contributed by atoms with Crippen LogP contribution in [0.3, 0.4) is 0 Å². The Morgan fingerprint density at radius 1 is 1.44 bits per heavy atom. The van der Waals surface area contributed by atoms with Gasteiger partial charge in [-0.15, -0.1) is 0 Å². The molecular weight excluding hydrogens is 245 g/mol. The first kappa shape index (κ1) is 12.2. The number of hydrogen-bond donors (Lipinski definition) is 1. The molecule has 88 valence electrons. The SMILES string of the molecule is CCC1COC(c2cc(Cl)ccc2Cl)CN1. The smallest absolute Gasteiger partial charge is 0.0964 e. The molecule has 1 heterocycles. The van der Waals surface area contributed by atoms with Gasteiger partial charge in [0.2, 0.25) is 0 Å². The highest BCUT2D eigenvalue weighted by Gasteiger charge is 2.22. The summed E-state index contributed by atoms with van der Waals surface area (Å²) in [6.45, 7) is 3.66. The van der Waals surface area contributed by atoms with Crippen LogP contribution in [-0.2, 0) is 4.74 Å². The van der Waals surface area contributed by atoms with Crippen LogP contribution >= 0.6 is 23.2 Å². The van der Waals surface area contributed by atoms with Gasteiger partial charge in [-0.25, -0.2) is 0 Å². The van der Waals surface area contributed by atoms with E-state index in [0.29, 0.717) is 16.1 Å². The van der Waals surface area contributed by atoms with Crippen LogP contribution in [-0.4, -0.2) is 19.2 Å². The lowest BCUT2D eigenvalue weighted by Crippen LogP contribution is -2.42. The maximum Gasteiger partial charge on any atom is 0.0964 e. The molecule has 2 atom stereocenters. The first-order valence-electron chi connectivity index (χ1n) is 5.50. The molecule has 4 heteroatoms. The second kappa shape index (κ2) is 5.37. The highest BCUT2D eigenvalue weighted by Crippen LogP contribution is 2.29. The van der Waals surface area contributed by atoms with Gasteiger partial charge < -0.3 is 10.1 Å². The van der Waals surface area contributed by atoms with E-state index in [2.05, 4.69) is 12.2 Å². The summed E-state index contributed by atoms with van der Waals surface area (Å²) < 4.78 is 5.80. The number of nitrogens with one attached hydrogen (secondary N) is 1. The number of halogens is 2. The highest BCUT2D eigenvalue weighted by molar-refractivity contribution is 6.33. The molecule has 0 aliphatic carbocycles. The zero-order valence-electron chi connectivity index (χ0n) is 9.17. The molecule has 2 rings (SSSR count). The van der Waals surface area contributed by atoms with E-state index in [0.717, 1.165) is 25.1 Å². The van der Waals surface area contributed by atoms with E-state index in [4.69, 9.17) is 27.9 Å². The predicted octanol–water partition coefficient (Wildman–Crippen LogP) is 3.43. The molecule has 1 aliphatic rings. The number of benzene rings is 1. The van der Waals surface area contributed by atoms with Crippen molar-refractivity contribution in [2.24, 2.45) is 0 Å². The third kappa shape index (κ3) is 2.69. The second-order valence-electron chi connectivity index (χ2n) is 4.00. The van der Waals surface area contributed by atoms with Crippen molar-refractivity contribution in [1.29, 1.82) is 0 Å². The predicted molar refractivity (Wildman–Crippen MR) is 67.2 cm³/mol. The molecule has 0 aromatic heterocycles. The molecule has 0 spiro atoms. The number of rotatable bonds is 2. The molecule has 1 saturated heterocycles. The van der Waals surface area contributed by atoms with Crippen molar-refractivity contribution in [3.05, 3.63) is 33.8 Å². The lowest BCUT2D eigenvalue weighted by atomic mass is 10.1. The van der Waals surface area contributed by atoms with Gasteiger partial charge in [0.25, 0.3) is 0 Å². The van der Waals surface area contributed by atoms with Crippen molar-refractivity contribution in [2.75, 3.05) is 13.2 Å². The first-order chi connectivity index (χ1) is 7.70. The van der Waals surface area contributed by atoms with Crippen molar-refractivity contribution in [1.82, 2.24) is 5.32 Å². The van der Waals surface area contributed by atoms with Gasteiger partial charge >= 0.3 is 0 Å². The van der Waals surface area contributed by atoms with Gasteiger partial charge in [0.05, 0.1) is 12.7 Å². The molecule has 1 N–H and O–H groups in total. The zero-order chi connectivity index (χ0) is 11.5. The van der Waals surface area contributed by atoms with Gasteiger partial charge in [-0.2, -0.15) is 0 Å². The van der Waals surface area contributed by atoms with Crippen molar-refractivity contribution in [2.45, 2.75) is 25.5 Å². The summed E-state index contributed by atoms with van der Waals surface area (Å²) in [5, 5.41) is 4.85. The van der Waals surface area contributed by atoms with Crippen LogP contribution in [0.5, 0.6) is 0 Å². The largest absolute Gasteiger partial charge is 0.371 e. The minimum Gasteiger partial charge on any atom is -0.371 e. The monoisotopic (exact) mass is 259 g/mol. The van der Waals surface area contributed by atoms with Gasteiger partial charge in [-0.1, -0.05) is 30.1 Å². The fourth-order valence-electron chi connectivity index (χ4n) is 1.85. The fourth-order valence-corrected chi connectivity index (χ4v) is 2.27. The van der Waals surface area contributed by atoms with Crippen LogP contribution in [0.1, 0.15) is 25.0 Å². The standard InChI is InChI=1S/C12H15Cl2NO/c1-2-9-7-16-12(6-15-9)10-5-8(13)3-4-11(10)14/h3-5,9,12,15H,2,6-7H2,1H3. The van der Waals surface area contributed by atoms with Gasteiger partial charge in [0.1, 0.15) is 0 Å². The normalized spacial score (nSPS) is 25.7. The molecule has 2 unspecified atom stereocenters. The molecule has 2 nitrogen and oxygen atoms in total. The van der Waals surface area contributed by atoms with Crippen molar-refractivity contribution < 1.29 is 4.74 Å². The summed E-state index contributed by atoms with van der Waals surface area (Å²) in [7, 11) is 0. The number of ether oxygens (including phenoxy) is 1. The molecule has 1 fully saturated rings. The lowest BCUT2D eigenvalue weighted by Gasteiger charge is -2.30. The molecule has 1 aromatic rings. The molecule has 16 heavy (non-hydrogen) atoms. The Labute approximate surface area is 106 Å². The van der Waals surface area contributed by atoms with E-state index in [1.807, 2.05) is 12.1 Å². The number of hydrogen-bond acceptors (Lipinski definition) is 2. The Kier molecular flexibility index (Phi) is 4.09. The summed E-state index contributed by atoms with van der Waals surface area (Å²) >= 11 is 12.1. The van der Waals surface area contributed by atoms with Gasteiger partial charge in [0.15, 0.2) is 0 Å². The van der Waals surface area contributed by atoms with Gasteiger partial charge in [0, 0.05) is 28.2 Å². The topological polar surface area (TPSA) is 21.3 Å². The summed E-state index contributed by atoms with van der Waals surface area (Å²) in [5.74, 6) is 0. The van der Waals surface area contributed by atoms with Crippen LogP contribution in [0.2, 0.25) is 10.0 Å². The second-order valence-corrected chi connectivity index (χ2v) is 4.84. The van der Waals surface area contributed by atoms with E-state index in [1.165, 1.54) is 0 Å². The zero-order valence-corrected chi connectivity index (χ0v) is 10.7. The molecule has 0 bridgehead atoms. The molecular formula is C12H15Cl2NO. The third-order valence-corrected chi connectivity index (χ3v) is 3.47. The van der Waals surface area contributed by atoms with E-state index in [-0.39, 0.29) is 6.10 Å². The van der Waals surface area contributed by atoms with Crippen LogP contribution in [0, 0.1) is 0 Å². The number of morpholine rings is 1. The Morgan fingerprint density at radius 2 is 2.25 bits per heavy atom. The molecule has 1 aliphatic heterocycles. The summed E-state index contributed by atoms with van der Waals surface area (Å²) in [5.41, 5.74) is 0.969. The first-order valence-corrected chi connectivity index (χ1v) is 6.26. The van der Waals surface area contributed by atoms with E-state index < -0.39 is 0 Å². The quantitative estimate of drug-likeness (QED) is 0.879. The van der Waals surface area contributed by atoms with Crippen LogP contribution in [0.4, 0.5) is 0 Å². The van der Waals surface area contributed by atoms with Crippen molar-refractivity contribution >= 4 is 23.2 Å². The highest BCUT2D eigenvalue weighted by atomic mass is 35.5. The van der Waals surface area contributed by atoms with Crippen molar-refractivity contribution in [3.63, 3.8) is 0 Å². The molecule has 1 aromatic carbocycles. The van der Waals surface area contributed by atoms with E-state index >= 15 is 0 Å². The Bertz CT molecular complexity index is 362. The molecule has 0 radical (unpaired) electrons. The maximum atomic E-state index is 6.13. The van der Waals surface area contributed by atoms with E-state index in [9.17, 15) is 0 Å². The lowest BCUT2D eigenvalue weighted by molar-refractivity contribution is 0.00229. The molecule has 0 saturated carbocycles. The minimum atomic E-state index is 0.00833. The van der Waals surface area contributed by atoms with Crippen molar-refractivity contribution in [3.8, 4) is 0 Å². The van der Waals surface area contributed by atoms with Gasteiger partial charge in [-0.05, 0) is 24.6 Å². The fraction of sp³-hybridized carbons (Fsp3) is 0.500.